The van der Waals surface area contributed by atoms with E-state index in [0.29, 0.717) is 0 Å². The first-order valence-electron chi connectivity index (χ1n) is 5.43. The van der Waals surface area contributed by atoms with Crippen molar-refractivity contribution < 1.29 is 4.42 Å². The number of nitrogens with zero attached hydrogens (tertiary/aromatic N) is 1. The third-order valence-electron chi connectivity index (χ3n) is 2.49. The highest BCUT2D eigenvalue weighted by Crippen LogP contribution is 2.27. The first-order chi connectivity index (χ1) is 7.81. The fourth-order valence-electron chi connectivity index (χ4n) is 1.58. The summed E-state index contributed by atoms with van der Waals surface area (Å²) in [5.41, 5.74) is 2.42. The average Bonchev–Trinajstić information content (AvgIpc) is 2.87. The van der Waals surface area contributed by atoms with Crippen LogP contribution in [-0.4, -0.2) is 18.6 Å². The van der Waals surface area contributed by atoms with Gasteiger partial charge in [0, 0.05) is 17.4 Å². The summed E-state index contributed by atoms with van der Waals surface area (Å²) < 4.78 is 5.72. The molecule has 2 aromatic heterocycles. The topological polar surface area (TPSA) is 38.1 Å². The van der Waals surface area contributed by atoms with Gasteiger partial charge < -0.3 is 9.73 Å². The molecule has 2 heterocycles. The molecular formula is C12H16N2OS. The fourth-order valence-corrected chi connectivity index (χ4v) is 2.42. The average molecular weight is 236 g/mol. The van der Waals surface area contributed by atoms with E-state index in [-0.39, 0.29) is 0 Å². The lowest BCUT2D eigenvalue weighted by atomic mass is 10.2. The molecule has 1 N–H and O–H groups in total. The van der Waals surface area contributed by atoms with Crippen LogP contribution >= 0.6 is 11.3 Å². The molecule has 0 radical (unpaired) electrons. The standard InChI is InChI=1S/C12H16N2OS/c1-9-7-16-8-10(9)11-6-14-12(15-11)4-3-5-13-2/h6-8,13H,3-5H2,1-2H3. The summed E-state index contributed by atoms with van der Waals surface area (Å²) in [4.78, 5) is 4.30. The monoisotopic (exact) mass is 236 g/mol. The molecule has 86 valence electrons. The largest absolute Gasteiger partial charge is 0.441 e. The molecule has 0 saturated carbocycles. The summed E-state index contributed by atoms with van der Waals surface area (Å²) in [5.74, 6) is 1.72. The fraction of sp³-hybridized carbons (Fsp3) is 0.417. The number of hydrogen-bond acceptors (Lipinski definition) is 4. The van der Waals surface area contributed by atoms with Gasteiger partial charge in [-0.2, -0.15) is 11.3 Å². The SMILES string of the molecule is CNCCCc1ncc(-c2cscc2C)o1. The van der Waals surface area contributed by atoms with Crippen LogP contribution in [0.2, 0.25) is 0 Å². The molecule has 0 bridgehead atoms. The molecule has 2 rings (SSSR count). The lowest BCUT2D eigenvalue weighted by Crippen LogP contribution is -2.08. The summed E-state index contributed by atoms with van der Waals surface area (Å²) in [6.45, 7) is 3.09. The molecule has 0 amide bonds. The summed E-state index contributed by atoms with van der Waals surface area (Å²) in [7, 11) is 1.95. The predicted molar refractivity (Wildman–Crippen MR) is 66.8 cm³/mol. The molecule has 2 aromatic rings. The molecule has 0 atom stereocenters. The van der Waals surface area contributed by atoms with Crippen LogP contribution in [0.25, 0.3) is 11.3 Å². The van der Waals surface area contributed by atoms with Gasteiger partial charge in [0.25, 0.3) is 0 Å². The molecule has 0 aliphatic heterocycles. The Hall–Kier alpha value is -1.13. The van der Waals surface area contributed by atoms with Crippen LogP contribution in [0, 0.1) is 6.92 Å². The van der Waals surface area contributed by atoms with Gasteiger partial charge in [0.05, 0.1) is 6.20 Å². The second-order valence-electron chi connectivity index (χ2n) is 3.79. The van der Waals surface area contributed by atoms with Crippen molar-refractivity contribution in [3.05, 3.63) is 28.4 Å². The summed E-state index contributed by atoms with van der Waals surface area (Å²) >= 11 is 1.69. The van der Waals surface area contributed by atoms with Crippen LogP contribution in [0.1, 0.15) is 17.9 Å². The summed E-state index contributed by atoms with van der Waals surface area (Å²) in [5, 5.41) is 7.34. The molecule has 0 spiro atoms. The first kappa shape index (κ1) is 11.4. The van der Waals surface area contributed by atoms with Crippen molar-refractivity contribution in [3.8, 4) is 11.3 Å². The number of thiophene rings is 1. The van der Waals surface area contributed by atoms with E-state index in [4.69, 9.17) is 4.42 Å². The van der Waals surface area contributed by atoms with Crippen molar-refractivity contribution in [2.45, 2.75) is 19.8 Å². The summed E-state index contributed by atoms with van der Waals surface area (Å²) in [6.07, 6.45) is 3.77. The van der Waals surface area contributed by atoms with Crippen LogP contribution in [0.3, 0.4) is 0 Å². The Kier molecular flexibility index (Phi) is 3.74. The van der Waals surface area contributed by atoms with E-state index in [1.54, 1.807) is 11.3 Å². The predicted octanol–water partition coefficient (Wildman–Crippen LogP) is 2.86. The highest BCUT2D eigenvalue weighted by Gasteiger charge is 2.08. The molecule has 0 saturated heterocycles. The minimum absolute atomic E-state index is 0.829. The van der Waals surface area contributed by atoms with Gasteiger partial charge in [-0.25, -0.2) is 4.98 Å². The molecule has 0 aromatic carbocycles. The van der Waals surface area contributed by atoms with Crippen LogP contribution < -0.4 is 5.32 Å². The van der Waals surface area contributed by atoms with Gasteiger partial charge in [-0.05, 0) is 37.9 Å². The Morgan fingerprint density at radius 1 is 1.44 bits per heavy atom. The van der Waals surface area contributed by atoms with E-state index in [2.05, 4.69) is 28.0 Å². The quantitative estimate of drug-likeness (QED) is 0.811. The van der Waals surface area contributed by atoms with Gasteiger partial charge in [0.15, 0.2) is 11.7 Å². The highest BCUT2D eigenvalue weighted by molar-refractivity contribution is 7.08. The maximum absolute atomic E-state index is 5.72. The lowest BCUT2D eigenvalue weighted by molar-refractivity contribution is 0.495. The molecular weight excluding hydrogens is 220 g/mol. The number of aromatic nitrogens is 1. The minimum atomic E-state index is 0.829. The van der Waals surface area contributed by atoms with Crippen LogP contribution in [0.4, 0.5) is 0 Å². The zero-order valence-electron chi connectivity index (χ0n) is 9.62. The van der Waals surface area contributed by atoms with E-state index in [0.717, 1.165) is 36.6 Å². The second-order valence-corrected chi connectivity index (χ2v) is 4.54. The smallest absolute Gasteiger partial charge is 0.194 e. The van der Waals surface area contributed by atoms with E-state index in [9.17, 15) is 0 Å². The molecule has 0 aliphatic carbocycles. The van der Waals surface area contributed by atoms with Crippen LogP contribution in [0.15, 0.2) is 21.4 Å². The molecule has 4 heteroatoms. The number of hydrogen-bond donors (Lipinski definition) is 1. The Morgan fingerprint density at radius 3 is 3.00 bits per heavy atom. The minimum Gasteiger partial charge on any atom is -0.441 e. The normalized spacial score (nSPS) is 10.9. The van der Waals surface area contributed by atoms with Crippen LogP contribution in [-0.2, 0) is 6.42 Å². The third kappa shape index (κ3) is 2.51. The number of nitrogens with one attached hydrogen (secondary N) is 1. The van der Waals surface area contributed by atoms with Crippen molar-refractivity contribution in [2.24, 2.45) is 0 Å². The van der Waals surface area contributed by atoms with Gasteiger partial charge in [-0.3, -0.25) is 0 Å². The Labute approximate surface area is 99.5 Å². The Bertz CT molecular complexity index is 447. The number of rotatable bonds is 5. The van der Waals surface area contributed by atoms with Gasteiger partial charge in [0.1, 0.15) is 0 Å². The van der Waals surface area contributed by atoms with Crippen molar-refractivity contribution >= 4 is 11.3 Å². The van der Waals surface area contributed by atoms with Crippen molar-refractivity contribution in [2.75, 3.05) is 13.6 Å². The van der Waals surface area contributed by atoms with Crippen molar-refractivity contribution in [1.82, 2.24) is 10.3 Å². The first-order valence-corrected chi connectivity index (χ1v) is 6.38. The third-order valence-corrected chi connectivity index (χ3v) is 3.35. The van der Waals surface area contributed by atoms with E-state index in [1.807, 2.05) is 13.2 Å². The lowest BCUT2D eigenvalue weighted by Gasteiger charge is -1.96. The highest BCUT2D eigenvalue weighted by atomic mass is 32.1. The van der Waals surface area contributed by atoms with E-state index in [1.165, 1.54) is 5.56 Å². The molecule has 16 heavy (non-hydrogen) atoms. The van der Waals surface area contributed by atoms with Crippen molar-refractivity contribution in [1.29, 1.82) is 0 Å². The van der Waals surface area contributed by atoms with E-state index < -0.39 is 0 Å². The Morgan fingerprint density at radius 2 is 2.31 bits per heavy atom. The zero-order valence-corrected chi connectivity index (χ0v) is 10.4. The Balaban J connectivity index is 2.05. The maximum Gasteiger partial charge on any atom is 0.194 e. The molecule has 3 nitrogen and oxygen atoms in total. The number of oxazole rings is 1. The van der Waals surface area contributed by atoms with Crippen LogP contribution in [0.5, 0.6) is 0 Å². The van der Waals surface area contributed by atoms with Gasteiger partial charge >= 0.3 is 0 Å². The molecule has 0 aliphatic rings. The molecule has 0 fully saturated rings. The zero-order chi connectivity index (χ0) is 11.4. The van der Waals surface area contributed by atoms with E-state index >= 15 is 0 Å². The molecule has 0 unspecified atom stereocenters. The van der Waals surface area contributed by atoms with Gasteiger partial charge in [-0.1, -0.05) is 0 Å². The van der Waals surface area contributed by atoms with Gasteiger partial charge in [-0.15, -0.1) is 0 Å². The maximum atomic E-state index is 5.72. The van der Waals surface area contributed by atoms with Crippen molar-refractivity contribution in [3.63, 3.8) is 0 Å². The number of aryl methyl sites for hydroxylation is 2. The second kappa shape index (κ2) is 5.27. The summed E-state index contributed by atoms with van der Waals surface area (Å²) in [6, 6.07) is 0. The van der Waals surface area contributed by atoms with Gasteiger partial charge in [0.2, 0.25) is 0 Å².